The molecule has 1 atom stereocenters. The van der Waals surface area contributed by atoms with Crippen LogP contribution in [-0.4, -0.2) is 65.6 Å². The zero-order valence-electron chi connectivity index (χ0n) is 15.1. The van der Waals surface area contributed by atoms with Crippen LogP contribution in [0.4, 0.5) is 0 Å². The highest BCUT2D eigenvalue weighted by Gasteiger charge is 2.21. The van der Waals surface area contributed by atoms with Gasteiger partial charge in [0.05, 0.1) is 17.4 Å². The largest absolute Gasteiger partial charge is 0.316 e. The summed E-state index contributed by atoms with van der Waals surface area (Å²) in [6.07, 6.45) is 2.67. The van der Waals surface area contributed by atoms with Gasteiger partial charge in [-0.15, -0.1) is 12.4 Å². The van der Waals surface area contributed by atoms with Crippen LogP contribution >= 0.6 is 12.4 Å². The lowest BCUT2D eigenvalue weighted by Crippen LogP contribution is -2.49. The number of H-pyrrole nitrogens is 1. The predicted molar refractivity (Wildman–Crippen MR) is 107 cm³/mol. The molecule has 6 nitrogen and oxygen atoms in total. The number of aromatic nitrogens is 2. The fourth-order valence-electron chi connectivity index (χ4n) is 4.00. The highest BCUT2D eigenvalue weighted by atomic mass is 35.5. The van der Waals surface area contributed by atoms with Crippen molar-refractivity contribution >= 4 is 23.3 Å². The van der Waals surface area contributed by atoms with Crippen LogP contribution < -0.4 is 10.9 Å². The third-order valence-corrected chi connectivity index (χ3v) is 5.42. The Labute approximate surface area is 160 Å². The van der Waals surface area contributed by atoms with Gasteiger partial charge < -0.3 is 15.2 Å². The van der Waals surface area contributed by atoms with Crippen molar-refractivity contribution in [2.24, 2.45) is 5.92 Å². The van der Waals surface area contributed by atoms with Gasteiger partial charge in [-0.1, -0.05) is 12.1 Å². The van der Waals surface area contributed by atoms with Gasteiger partial charge in [0.15, 0.2) is 0 Å². The lowest BCUT2D eigenvalue weighted by molar-refractivity contribution is 0.106. The standard InChI is InChI=1S/C19H27N5O.ClH/c25-19-16-5-1-2-6-17(16)21-18(22-19)14-24-10-8-23(9-11-24)13-15-4-3-7-20-12-15;/h1-2,5-6,15,20H,3-4,7-14H2,(H,21,22,25);1H. The van der Waals surface area contributed by atoms with Crippen molar-refractivity contribution in [3.8, 4) is 0 Å². The minimum Gasteiger partial charge on any atom is -0.316 e. The first-order valence-electron chi connectivity index (χ1n) is 9.41. The second kappa shape index (κ2) is 8.95. The van der Waals surface area contributed by atoms with Crippen LogP contribution in [0.3, 0.4) is 0 Å². The molecule has 1 unspecified atom stereocenters. The second-order valence-electron chi connectivity index (χ2n) is 7.32. The Hall–Kier alpha value is -1.47. The Morgan fingerprint density at radius 1 is 1.12 bits per heavy atom. The summed E-state index contributed by atoms with van der Waals surface area (Å²) in [5.74, 6) is 1.58. The molecule has 0 aliphatic carbocycles. The van der Waals surface area contributed by atoms with Crippen molar-refractivity contribution in [2.75, 3.05) is 45.8 Å². The van der Waals surface area contributed by atoms with Crippen LogP contribution in [0.25, 0.3) is 10.9 Å². The van der Waals surface area contributed by atoms with E-state index in [1.165, 1.54) is 32.5 Å². The zero-order valence-corrected chi connectivity index (χ0v) is 15.9. The number of halogens is 1. The number of piperidine rings is 1. The number of para-hydroxylation sites is 1. The van der Waals surface area contributed by atoms with Gasteiger partial charge in [0.1, 0.15) is 5.82 Å². The van der Waals surface area contributed by atoms with Gasteiger partial charge in [0.2, 0.25) is 0 Å². The minimum atomic E-state index is -0.0379. The van der Waals surface area contributed by atoms with Crippen molar-refractivity contribution in [1.82, 2.24) is 25.1 Å². The van der Waals surface area contributed by atoms with Gasteiger partial charge in [-0.2, -0.15) is 0 Å². The van der Waals surface area contributed by atoms with Gasteiger partial charge in [0.25, 0.3) is 5.56 Å². The molecule has 2 N–H and O–H groups in total. The van der Waals surface area contributed by atoms with Crippen LogP contribution in [0.2, 0.25) is 0 Å². The molecule has 26 heavy (non-hydrogen) atoms. The monoisotopic (exact) mass is 377 g/mol. The molecule has 7 heteroatoms. The van der Waals surface area contributed by atoms with Gasteiger partial charge in [-0.05, 0) is 44.0 Å². The minimum absolute atomic E-state index is 0. The summed E-state index contributed by atoms with van der Waals surface area (Å²) in [5.41, 5.74) is 0.744. The molecule has 0 spiro atoms. The summed E-state index contributed by atoms with van der Waals surface area (Å²) in [7, 11) is 0. The third kappa shape index (κ3) is 4.62. The molecular weight excluding hydrogens is 350 g/mol. The van der Waals surface area contributed by atoms with E-state index in [0.29, 0.717) is 5.39 Å². The van der Waals surface area contributed by atoms with E-state index >= 15 is 0 Å². The average Bonchev–Trinajstić information content (AvgIpc) is 2.64. The van der Waals surface area contributed by atoms with Gasteiger partial charge in [0, 0.05) is 32.7 Å². The average molecular weight is 378 g/mol. The van der Waals surface area contributed by atoms with Crippen LogP contribution in [0, 0.1) is 5.92 Å². The topological polar surface area (TPSA) is 64.3 Å². The van der Waals surface area contributed by atoms with Crippen molar-refractivity contribution in [2.45, 2.75) is 19.4 Å². The summed E-state index contributed by atoms with van der Waals surface area (Å²) in [4.78, 5) is 24.7. The lowest BCUT2D eigenvalue weighted by atomic mass is 9.99. The van der Waals surface area contributed by atoms with Gasteiger partial charge >= 0.3 is 0 Å². The molecule has 2 aromatic rings. The van der Waals surface area contributed by atoms with E-state index in [2.05, 4.69) is 25.1 Å². The number of piperazine rings is 1. The van der Waals surface area contributed by atoms with Crippen LogP contribution in [-0.2, 0) is 6.54 Å². The maximum absolute atomic E-state index is 12.2. The molecular formula is C19H28ClN5O. The van der Waals surface area contributed by atoms with E-state index in [9.17, 15) is 4.79 Å². The number of benzene rings is 1. The smallest absolute Gasteiger partial charge is 0.258 e. The Morgan fingerprint density at radius 2 is 1.88 bits per heavy atom. The van der Waals surface area contributed by atoms with E-state index in [1.807, 2.05) is 24.3 Å². The second-order valence-corrected chi connectivity index (χ2v) is 7.32. The summed E-state index contributed by atoms with van der Waals surface area (Å²) >= 11 is 0. The van der Waals surface area contributed by atoms with E-state index in [1.54, 1.807) is 0 Å². The van der Waals surface area contributed by atoms with Gasteiger partial charge in [-0.3, -0.25) is 9.69 Å². The van der Waals surface area contributed by atoms with Crippen LogP contribution in [0.1, 0.15) is 18.7 Å². The summed E-state index contributed by atoms with van der Waals surface area (Å²) < 4.78 is 0. The summed E-state index contributed by atoms with van der Waals surface area (Å²) in [6, 6.07) is 7.53. The van der Waals surface area contributed by atoms with Crippen molar-refractivity contribution in [3.05, 3.63) is 40.4 Å². The molecule has 3 heterocycles. The van der Waals surface area contributed by atoms with Crippen molar-refractivity contribution in [3.63, 3.8) is 0 Å². The molecule has 2 aliphatic rings. The van der Waals surface area contributed by atoms with E-state index in [0.717, 1.165) is 50.0 Å². The SMILES string of the molecule is Cl.O=c1[nH]c(CN2CCN(CC3CCCNC3)CC2)nc2ccccc12. The molecule has 4 rings (SSSR count). The van der Waals surface area contributed by atoms with E-state index < -0.39 is 0 Å². The molecule has 142 valence electrons. The zero-order chi connectivity index (χ0) is 17.1. The maximum Gasteiger partial charge on any atom is 0.258 e. The fraction of sp³-hybridized carbons (Fsp3) is 0.579. The molecule has 0 radical (unpaired) electrons. The normalized spacial score (nSPS) is 22.2. The van der Waals surface area contributed by atoms with E-state index in [-0.39, 0.29) is 18.0 Å². The summed E-state index contributed by atoms with van der Waals surface area (Å²) in [5, 5.41) is 4.17. The highest BCUT2D eigenvalue weighted by Crippen LogP contribution is 2.14. The molecule has 2 fully saturated rings. The lowest BCUT2D eigenvalue weighted by Gasteiger charge is -2.37. The predicted octanol–water partition coefficient (Wildman–Crippen LogP) is 1.46. The Bertz CT molecular complexity index is 766. The number of hydrogen-bond donors (Lipinski definition) is 2. The Balaban J connectivity index is 0.00000196. The molecule has 0 amide bonds. The molecule has 2 saturated heterocycles. The van der Waals surface area contributed by atoms with Crippen LogP contribution in [0.15, 0.2) is 29.1 Å². The Morgan fingerprint density at radius 3 is 2.65 bits per heavy atom. The first-order valence-corrected chi connectivity index (χ1v) is 9.41. The van der Waals surface area contributed by atoms with Crippen molar-refractivity contribution in [1.29, 1.82) is 0 Å². The van der Waals surface area contributed by atoms with Crippen molar-refractivity contribution < 1.29 is 0 Å². The molecule has 0 saturated carbocycles. The number of aromatic amines is 1. The summed E-state index contributed by atoms with van der Waals surface area (Å²) in [6.45, 7) is 8.57. The first-order chi connectivity index (χ1) is 12.3. The molecule has 1 aromatic heterocycles. The third-order valence-electron chi connectivity index (χ3n) is 5.42. The fourth-order valence-corrected chi connectivity index (χ4v) is 4.00. The molecule has 2 aliphatic heterocycles. The van der Waals surface area contributed by atoms with Crippen LogP contribution in [0.5, 0.6) is 0 Å². The Kier molecular flexibility index (Phi) is 6.64. The quantitative estimate of drug-likeness (QED) is 0.844. The maximum atomic E-state index is 12.2. The van der Waals surface area contributed by atoms with E-state index in [4.69, 9.17) is 0 Å². The number of rotatable bonds is 4. The highest BCUT2D eigenvalue weighted by molar-refractivity contribution is 5.85. The number of nitrogens with one attached hydrogen (secondary N) is 2. The first kappa shape index (κ1) is 19.3. The number of nitrogens with zero attached hydrogens (tertiary/aromatic N) is 3. The van der Waals surface area contributed by atoms with Gasteiger partial charge in [-0.25, -0.2) is 4.98 Å². The number of fused-ring (bicyclic) bond motifs is 1. The molecule has 0 bridgehead atoms. The molecule has 1 aromatic carbocycles. The number of hydrogen-bond acceptors (Lipinski definition) is 5.